The number of carbonyl (C=O) groups is 1. The van der Waals surface area contributed by atoms with Crippen LogP contribution in [-0.4, -0.2) is 20.7 Å². The first-order valence-corrected chi connectivity index (χ1v) is 10.0. The first-order chi connectivity index (χ1) is 15.0. The molecule has 1 atom stereocenters. The molecule has 0 aliphatic heterocycles. The van der Waals surface area contributed by atoms with Crippen molar-refractivity contribution in [3.63, 3.8) is 0 Å². The fourth-order valence-electron chi connectivity index (χ4n) is 3.70. The molecular formula is C23H22F2N4O2. The van der Waals surface area contributed by atoms with Crippen molar-refractivity contribution in [1.29, 1.82) is 0 Å². The van der Waals surface area contributed by atoms with Crippen LogP contribution in [0.4, 0.5) is 8.78 Å². The standard InChI is InChI=1S/C23H22F2N4O2/c1-3-17(15-8-5-4-6-9-15)26-20(30)13-29-23-21(14(2)28-29)16(22(24)25)12-18(27-23)19-10-7-11-31-19/h4-12,17,22H,3,13H2,1-2H3,(H,26,30). The average molecular weight is 424 g/mol. The average Bonchev–Trinajstić information content (AvgIpc) is 3.41. The van der Waals surface area contributed by atoms with Crippen molar-refractivity contribution in [3.8, 4) is 11.5 Å². The molecule has 1 amide bonds. The van der Waals surface area contributed by atoms with Gasteiger partial charge in [0, 0.05) is 5.56 Å². The summed E-state index contributed by atoms with van der Waals surface area (Å²) >= 11 is 0. The molecule has 0 saturated carbocycles. The van der Waals surface area contributed by atoms with E-state index in [2.05, 4.69) is 15.4 Å². The van der Waals surface area contributed by atoms with Crippen LogP contribution >= 0.6 is 0 Å². The van der Waals surface area contributed by atoms with Gasteiger partial charge in [0.2, 0.25) is 5.91 Å². The molecule has 1 aromatic carbocycles. The second-order valence-corrected chi connectivity index (χ2v) is 7.26. The Hall–Kier alpha value is -3.55. The maximum Gasteiger partial charge on any atom is 0.264 e. The van der Waals surface area contributed by atoms with Gasteiger partial charge in [-0.15, -0.1) is 0 Å². The number of furan rings is 1. The van der Waals surface area contributed by atoms with E-state index in [0.717, 1.165) is 5.56 Å². The quantitative estimate of drug-likeness (QED) is 0.442. The Morgan fingerprint density at radius 1 is 1.19 bits per heavy atom. The van der Waals surface area contributed by atoms with Gasteiger partial charge in [0.05, 0.1) is 23.4 Å². The number of nitrogens with one attached hydrogen (secondary N) is 1. The van der Waals surface area contributed by atoms with E-state index >= 15 is 0 Å². The zero-order valence-corrected chi connectivity index (χ0v) is 17.2. The van der Waals surface area contributed by atoms with Crippen molar-refractivity contribution in [2.75, 3.05) is 0 Å². The minimum absolute atomic E-state index is 0.134. The monoisotopic (exact) mass is 424 g/mol. The Morgan fingerprint density at radius 2 is 1.97 bits per heavy atom. The predicted octanol–water partition coefficient (Wildman–Crippen LogP) is 5.20. The molecule has 0 spiro atoms. The number of benzene rings is 1. The number of pyridine rings is 1. The number of nitrogens with zero attached hydrogens (tertiary/aromatic N) is 3. The number of rotatable bonds is 7. The maximum atomic E-state index is 13.8. The number of hydrogen-bond donors (Lipinski definition) is 1. The van der Waals surface area contributed by atoms with E-state index in [1.807, 2.05) is 37.3 Å². The van der Waals surface area contributed by atoms with Crippen LogP contribution in [-0.2, 0) is 11.3 Å². The number of carbonyl (C=O) groups excluding carboxylic acids is 1. The fourth-order valence-corrected chi connectivity index (χ4v) is 3.70. The van der Waals surface area contributed by atoms with Gasteiger partial charge in [0.1, 0.15) is 12.2 Å². The number of fused-ring (bicyclic) bond motifs is 1. The van der Waals surface area contributed by atoms with Gasteiger partial charge in [-0.3, -0.25) is 4.79 Å². The molecule has 0 aliphatic carbocycles. The Bertz CT molecular complexity index is 1190. The largest absolute Gasteiger partial charge is 0.463 e. The highest BCUT2D eigenvalue weighted by atomic mass is 19.3. The van der Waals surface area contributed by atoms with Gasteiger partial charge < -0.3 is 9.73 Å². The summed E-state index contributed by atoms with van der Waals surface area (Å²) in [5, 5.41) is 7.58. The molecule has 1 unspecified atom stereocenters. The predicted molar refractivity (Wildman–Crippen MR) is 113 cm³/mol. The normalized spacial score (nSPS) is 12.4. The van der Waals surface area contributed by atoms with Crippen molar-refractivity contribution >= 4 is 16.9 Å². The third kappa shape index (κ3) is 4.19. The molecule has 0 saturated heterocycles. The van der Waals surface area contributed by atoms with E-state index < -0.39 is 6.43 Å². The van der Waals surface area contributed by atoms with E-state index in [4.69, 9.17) is 4.42 Å². The summed E-state index contributed by atoms with van der Waals surface area (Å²) in [4.78, 5) is 17.3. The second kappa shape index (κ2) is 8.67. The maximum absolute atomic E-state index is 13.8. The first-order valence-electron chi connectivity index (χ1n) is 10.0. The first kappa shape index (κ1) is 20.7. The third-order valence-electron chi connectivity index (χ3n) is 5.16. The zero-order chi connectivity index (χ0) is 22.0. The Balaban J connectivity index is 1.68. The van der Waals surface area contributed by atoms with Crippen LogP contribution < -0.4 is 5.32 Å². The molecule has 4 rings (SSSR count). The molecule has 8 heteroatoms. The summed E-state index contributed by atoms with van der Waals surface area (Å²) in [6.45, 7) is 3.48. The molecule has 0 bridgehead atoms. The molecule has 1 N–H and O–H groups in total. The van der Waals surface area contributed by atoms with Crippen LogP contribution in [0.3, 0.4) is 0 Å². The van der Waals surface area contributed by atoms with E-state index in [1.54, 1.807) is 19.1 Å². The second-order valence-electron chi connectivity index (χ2n) is 7.26. The molecule has 6 nitrogen and oxygen atoms in total. The van der Waals surface area contributed by atoms with Crippen LogP contribution in [0.25, 0.3) is 22.5 Å². The molecule has 4 aromatic rings. The van der Waals surface area contributed by atoms with Crippen LogP contribution in [0, 0.1) is 6.92 Å². The van der Waals surface area contributed by atoms with Gasteiger partial charge in [-0.2, -0.15) is 5.10 Å². The number of aryl methyl sites for hydroxylation is 1. The van der Waals surface area contributed by atoms with Crippen molar-refractivity contribution in [2.24, 2.45) is 0 Å². The fraction of sp³-hybridized carbons (Fsp3) is 0.261. The van der Waals surface area contributed by atoms with Crippen LogP contribution in [0.5, 0.6) is 0 Å². The Kier molecular flexibility index (Phi) is 5.79. The smallest absolute Gasteiger partial charge is 0.264 e. The van der Waals surface area contributed by atoms with Crippen molar-refractivity contribution in [3.05, 3.63) is 71.6 Å². The summed E-state index contributed by atoms with van der Waals surface area (Å²) < 4.78 is 34.3. The van der Waals surface area contributed by atoms with Crippen molar-refractivity contribution in [2.45, 2.75) is 39.3 Å². The summed E-state index contributed by atoms with van der Waals surface area (Å²) in [7, 11) is 0. The summed E-state index contributed by atoms with van der Waals surface area (Å²) in [6.07, 6.45) is -0.550. The van der Waals surface area contributed by atoms with E-state index in [-0.39, 0.29) is 40.8 Å². The number of amides is 1. The number of aromatic nitrogens is 3. The van der Waals surface area contributed by atoms with Crippen molar-refractivity contribution < 1.29 is 18.0 Å². The third-order valence-corrected chi connectivity index (χ3v) is 5.16. The van der Waals surface area contributed by atoms with Gasteiger partial charge in [0.25, 0.3) is 6.43 Å². The molecule has 160 valence electrons. The van der Waals surface area contributed by atoms with E-state index in [0.29, 0.717) is 17.9 Å². The van der Waals surface area contributed by atoms with Gasteiger partial charge >= 0.3 is 0 Å². The summed E-state index contributed by atoms with van der Waals surface area (Å²) in [6, 6.07) is 14.1. The molecular weight excluding hydrogens is 402 g/mol. The molecule has 0 fully saturated rings. The van der Waals surface area contributed by atoms with Gasteiger partial charge in [-0.1, -0.05) is 37.3 Å². The molecule has 3 aromatic heterocycles. The van der Waals surface area contributed by atoms with E-state index in [9.17, 15) is 13.6 Å². The highest BCUT2D eigenvalue weighted by Gasteiger charge is 2.23. The zero-order valence-electron chi connectivity index (χ0n) is 17.2. The van der Waals surface area contributed by atoms with Crippen LogP contribution in [0.15, 0.2) is 59.2 Å². The topological polar surface area (TPSA) is 73.0 Å². The van der Waals surface area contributed by atoms with Gasteiger partial charge in [0.15, 0.2) is 11.4 Å². The molecule has 3 heterocycles. The van der Waals surface area contributed by atoms with Crippen LogP contribution in [0.2, 0.25) is 0 Å². The van der Waals surface area contributed by atoms with Crippen LogP contribution in [0.1, 0.15) is 42.6 Å². The number of halogens is 2. The highest BCUT2D eigenvalue weighted by Crippen LogP contribution is 2.33. The summed E-state index contributed by atoms with van der Waals surface area (Å²) in [5.74, 6) is 0.0951. The van der Waals surface area contributed by atoms with Gasteiger partial charge in [-0.25, -0.2) is 18.4 Å². The SMILES string of the molecule is CCC(NC(=O)Cn1nc(C)c2c(C(F)F)cc(-c3ccco3)nc21)c1ccccc1. The summed E-state index contributed by atoms with van der Waals surface area (Å²) in [5.41, 5.74) is 1.70. The number of alkyl halides is 2. The number of hydrogen-bond acceptors (Lipinski definition) is 4. The van der Waals surface area contributed by atoms with Gasteiger partial charge in [-0.05, 0) is 37.1 Å². The molecule has 31 heavy (non-hydrogen) atoms. The minimum atomic E-state index is -2.72. The lowest BCUT2D eigenvalue weighted by molar-refractivity contribution is -0.122. The minimum Gasteiger partial charge on any atom is -0.463 e. The van der Waals surface area contributed by atoms with E-state index in [1.165, 1.54) is 17.0 Å². The molecule has 0 radical (unpaired) electrons. The van der Waals surface area contributed by atoms with Crippen molar-refractivity contribution in [1.82, 2.24) is 20.1 Å². The Morgan fingerprint density at radius 3 is 2.61 bits per heavy atom. The molecule has 0 aliphatic rings. The highest BCUT2D eigenvalue weighted by molar-refractivity contribution is 5.86. The lowest BCUT2D eigenvalue weighted by atomic mass is 10.0. The lowest BCUT2D eigenvalue weighted by Gasteiger charge is -2.17. The lowest BCUT2D eigenvalue weighted by Crippen LogP contribution is -2.31. The Labute approximate surface area is 177 Å².